The lowest BCUT2D eigenvalue weighted by atomic mass is 9.65. The van der Waals surface area contributed by atoms with Crippen molar-refractivity contribution in [3.63, 3.8) is 0 Å². The molecular formula is C36H44ClN3O5S. The average molecular weight is 666 g/mol. The third kappa shape index (κ3) is 6.09. The van der Waals surface area contributed by atoms with Crippen molar-refractivity contribution in [1.29, 1.82) is 0 Å². The number of anilines is 2. The molecule has 0 saturated carbocycles. The maximum Gasteiger partial charge on any atom is 0.251 e. The molecule has 2 aromatic rings. The van der Waals surface area contributed by atoms with Crippen LogP contribution in [0.3, 0.4) is 0 Å². The zero-order valence-corrected chi connectivity index (χ0v) is 28.2. The number of nitrogens with zero attached hydrogens (tertiary/aromatic N) is 3. The number of benzene rings is 2. The molecule has 3 unspecified atom stereocenters. The molecular weight excluding hydrogens is 622 g/mol. The van der Waals surface area contributed by atoms with Crippen molar-refractivity contribution in [2.75, 3.05) is 42.6 Å². The molecule has 2 bridgehead atoms. The second-order valence-corrected chi connectivity index (χ2v) is 14.2. The summed E-state index contributed by atoms with van der Waals surface area (Å²) in [6.45, 7) is 13.4. The highest BCUT2D eigenvalue weighted by Crippen LogP contribution is 2.69. The fraction of sp³-hybridized carbons (Fsp3) is 0.472. The highest BCUT2D eigenvalue weighted by Gasteiger charge is 2.76. The highest BCUT2D eigenvalue weighted by molar-refractivity contribution is 8.02. The van der Waals surface area contributed by atoms with Crippen molar-refractivity contribution in [2.45, 2.75) is 55.6 Å². The van der Waals surface area contributed by atoms with Crippen LogP contribution >= 0.6 is 23.4 Å². The molecule has 1 N–H and O–H groups in total. The van der Waals surface area contributed by atoms with Gasteiger partial charge in [0.1, 0.15) is 11.8 Å². The number of carbonyl (C=O) groups is 3. The minimum atomic E-state index is -0.763. The third-order valence-electron chi connectivity index (χ3n) is 9.57. The molecule has 0 aliphatic carbocycles. The SMILES string of the molecule is C=CCN(C(=O)C1N(CCCCCO)C(=O)[C@@H]2[C@H](C(=O)N(CC=C)c3ccc(OCC)cc3)[C@@H]3CC(C)C12S3)c1ccc(Cl)cc1. The van der Waals surface area contributed by atoms with E-state index < -0.39 is 22.6 Å². The third-order valence-corrected chi connectivity index (χ3v) is 11.9. The predicted octanol–water partition coefficient (Wildman–Crippen LogP) is 5.98. The summed E-state index contributed by atoms with van der Waals surface area (Å²) in [5, 5.41) is 9.85. The van der Waals surface area contributed by atoms with Gasteiger partial charge in [-0.2, -0.15) is 0 Å². The van der Waals surface area contributed by atoms with Crippen LogP contribution in [-0.2, 0) is 14.4 Å². The van der Waals surface area contributed by atoms with Crippen molar-refractivity contribution in [2.24, 2.45) is 17.8 Å². The molecule has 0 aromatic heterocycles. The predicted molar refractivity (Wildman–Crippen MR) is 185 cm³/mol. The molecule has 3 heterocycles. The topological polar surface area (TPSA) is 90.4 Å². The Kier molecular flexibility index (Phi) is 10.9. The van der Waals surface area contributed by atoms with Crippen LogP contribution in [-0.4, -0.2) is 76.6 Å². The number of halogens is 1. The van der Waals surface area contributed by atoms with Crippen LogP contribution < -0.4 is 14.5 Å². The standard InChI is InChI=1S/C36H44ClN3O5S/c1-5-19-38(27-15-17-28(18-16-27)45-7-3)33(42)30-29-23-24(4)36(46-29)31(30)34(43)40(21-9-8-10-22-41)32(36)35(44)39(20-6-2)26-13-11-25(37)12-14-26/h5-6,11-18,24,29-32,41H,1-2,7-10,19-23H2,3-4H3/t24?,29-,30+,31-,32?,36?/m0/s1. The average Bonchev–Trinajstić information content (AvgIpc) is 3.64. The molecule has 3 fully saturated rings. The van der Waals surface area contributed by atoms with Crippen molar-refractivity contribution < 1.29 is 24.2 Å². The second kappa shape index (κ2) is 14.7. The van der Waals surface area contributed by atoms with Gasteiger partial charge >= 0.3 is 0 Å². The van der Waals surface area contributed by atoms with Crippen LogP contribution in [0.15, 0.2) is 73.8 Å². The Bertz CT molecular complexity index is 1440. The van der Waals surface area contributed by atoms with Crippen molar-refractivity contribution in [3.05, 3.63) is 78.9 Å². The van der Waals surface area contributed by atoms with Crippen LogP contribution in [0, 0.1) is 17.8 Å². The monoisotopic (exact) mass is 665 g/mol. The van der Waals surface area contributed by atoms with Crippen LogP contribution in [0.1, 0.15) is 39.5 Å². The first-order valence-corrected chi connectivity index (χ1v) is 17.4. The lowest BCUT2D eigenvalue weighted by Gasteiger charge is -2.41. The van der Waals surface area contributed by atoms with E-state index in [2.05, 4.69) is 20.1 Å². The Morgan fingerprint density at radius 1 is 1.02 bits per heavy atom. The van der Waals surface area contributed by atoms with E-state index in [1.54, 1.807) is 62.9 Å². The Hall–Kier alpha value is -3.27. The van der Waals surface area contributed by atoms with Crippen molar-refractivity contribution in [1.82, 2.24) is 4.90 Å². The number of aliphatic hydroxyl groups excluding tert-OH is 1. The maximum absolute atomic E-state index is 14.8. The summed E-state index contributed by atoms with van der Waals surface area (Å²) in [4.78, 5) is 49.2. The molecule has 246 valence electrons. The lowest BCUT2D eigenvalue weighted by Crippen LogP contribution is -2.57. The van der Waals surface area contributed by atoms with Gasteiger partial charge in [0.05, 0.1) is 23.2 Å². The van der Waals surface area contributed by atoms with E-state index in [-0.39, 0.29) is 42.0 Å². The number of carbonyl (C=O) groups excluding carboxylic acids is 3. The highest BCUT2D eigenvalue weighted by atomic mass is 35.5. The van der Waals surface area contributed by atoms with E-state index in [1.165, 1.54) is 0 Å². The number of rotatable bonds is 15. The van der Waals surface area contributed by atoms with E-state index in [4.69, 9.17) is 16.3 Å². The number of fused-ring (bicyclic) bond motifs is 1. The summed E-state index contributed by atoms with van der Waals surface area (Å²) in [6.07, 6.45) is 6.11. The Labute approximate surface area is 281 Å². The van der Waals surface area contributed by atoms with Crippen LogP contribution in [0.25, 0.3) is 0 Å². The Morgan fingerprint density at radius 2 is 1.63 bits per heavy atom. The number of aliphatic hydroxyl groups is 1. The molecule has 6 atom stereocenters. The fourth-order valence-corrected chi connectivity index (χ4v) is 10.2. The zero-order valence-electron chi connectivity index (χ0n) is 26.6. The molecule has 1 spiro atoms. The Balaban J connectivity index is 1.54. The fourth-order valence-electron chi connectivity index (χ4n) is 7.63. The number of hydrogen-bond acceptors (Lipinski definition) is 6. The summed E-state index contributed by atoms with van der Waals surface area (Å²) >= 11 is 7.85. The number of thioether (sulfide) groups is 1. The number of hydrogen-bond donors (Lipinski definition) is 1. The van der Waals surface area contributed by atoms with Crippen LogP contribution in [0.5, 0.6) is 5.75 Å². The molecule has 8 nitrogen and oxygen atoms in total. The van der Waals surface area contributed by atoms with Gasteiger partial charge in [0.25, 0.3) is 5.91 Å². The Morgan fingerprint density at radius 3 is 2.22 bits per heavy atom. The van der Waals surface area contributed by atoms with Gasteiger partial charge in [-0.05, 0) is 87.1 Å². The number of amides is 3. The quantitative estimate of drug-likeness (QED) is 0.186. The summed E-state index contributed by atoms with van der Waals surface area (Å²) in [7, 11) is 0. The molecule has 3 amide bonds. The van der Waals surface area contributed by atoms with Gasteiger partial charge in [0.15, 0.2) is 0 Å². The molecule has 10 heteroatoms. The number of ether oxygens (including phenoxy) is 1. The molecule has 2 aromatic carbocycles. The molecule has 3 aliphatic rings. The summed E-state index contributed by atoms with van der Waals surface area (Å²) < 4.78 is 4.85. The summed E-state index contributed by atoms with van der Waals surface area (Å²) in [5.41, 5.74) is 1.38. The minimum Gasteiger partial charge on any atom is -0.494 e. The van der Waals surface area contributed by atoms with Gasteiger partial charge < -0.3 is 24.5 Å². The van der Waals surface area contributed by atoms with Gasteiger partial charge in [0.2, 0.25) is 11.8 Å². The molecule has 0 radical (unpaired) electrons. The first-order chi connectivity index (χ1) is 22.2. The largest absolute Gasteiger partial charge is 0.494 e. The van der Waals surface area contributed by atoms with Gasteiger partial charge in [-0.3, -0.25) is 14.4 Å². The second-order valence-electron chi connectivity index (χ2n) is 12.2. The minimum absolute atomic E-state index is 0.0334. The first-order valence-electron chi connectivity index (χ1n) is 16.2. The normalized spacial score (nSPS) is 26.1. The molecule has 5 rings (SSSR count). The first kappa shape index (κ1) is 34.1. The van der Waals surface area contributed by atoms with E-state index in [1.807, 2.05) is 31.2 Å². The number of unbranched alkanes of at least 4 members (excludes halogenated alkanes) is 2. The van der Waals surface area contributed by atoms with Crippen LogP contribution in [0.4, 0.5) is 11.4 Å². The van der Waals surface area contributed by atoms with Crippen LogP contribution in [0.2, 0.25) is 5.02 Å². The number of likely N-dealkylation sites (tertiary alicyclic amines) is 1. The molecule has 3 aliphatic heterocycles. The van der Waals surface area contributed by atoms with Crippen molar-refractivity contribution >= 4 is 52.5 Å². The van der Waals surface area contributed by atoms with E-state index in [9.17, 15) is 19.5 Å². The van der Waals surface area contributed by atoms with Crippen molar-refractivity contribution in [3.8, 4) is 5.75 Å². The molecule has 46 heavy (non-hydrogen) atoms. The zero-order chi connectivity index (χ0) is 33.0. The maximum atomic E-state index is 14.8. The smallest absolute Gasteiger partial charge is 0.251 e. The van der Waals surface area contributed by atoms with Gasteiger partial charge in [0, 0.05) is 47.9 Å². The van der Waals surface area contributed by atoms with Gasteiger partial charge in [-0.15, -0.1) is 24.9 Å². The van der Waals surface area contributed by atoms with E-state index in [0.29, 0.717) is 48.9 Å². The van der Waals surface area contributed by atoms with Gasteiger partial charge in [-0.25, -0.2) is 0 Å². The van der Waals surface area contributed by atoms with E-state index in [0.717, 1.165) is 18.6 Å². The summed E-state index contributed by atoms with van der Waals surface area (Å²) in [5.74, 6) is -0.911. The lowest BCUT2D eigenvalue weighted by molar-refractivity contribution is -0.139. The molecule has 3 saturated heterocycles. The van der Waals surface area contributed by atoms with E-state index >= 15 is 0 Å². The summed E-state index contributed by atoms with van der Waals surface area (Å²) in [6, 6.07) is 13.8. The van der Waals surface area contributed by atoms with Gasteiger partial charge in [-0.1, -0.05) is 30.7 Å².